The second kappa shape index (κ2) is 9.28. The second-order valence-electron chi connectivity index (χ2n) is 14.7. The Morgan fingerprint density at radius 3 is 2.36 bits per heavy atom. The number of hydrogen-bond donors (Lipinski definition) is 0. The zero-order valence-corrected chi connectivity index (χ0v) is 25.1. The minimum absolute atomic E-state index is 0.0217. The quantitative estimate of drug-likeness (QED) is 0.271. The molecule has 2 saturated carbocycles. The van der Waals surface area contributed by atoms with Crippen LogP contribution in [0.1, 0.15) is 120 Å². The molecule has 3 nitrogen and oxygen atoms in total. The molecule has 204 valence electrons. The van der Waals surface area contributed by atoms with E-state index in [1.807, 2.05) is 11.1 Å². The zero-order chi connectivity index (χ0) is 26.7. The number of carbonyl (C=O) groups excluding carboxylic acids is 1. The summed E-state index contributed by atoms with van der Waals surface area (Å²) in [6.45, 7) is 20.9. The lowest BCUT2D eigenvalue weighted by atomic mass is 9.43. The minimum Gasteiger partial charge on any atom is -0.462 e. The average Bonchev–Trinajstić information content (AvgIpc) is 3.07. The molecular formula is C33H54O3. The Morgan fingerprint density at radius 1 is 1.03 bits per heavy atom. The maximum Gasteiger partial charge on any atom is 0.302 e. The summed E-state index contributed by atoms with van der Waals surface area (Å²) in [5.74, 6) is 1.92. The average molecular weight is 499 g/mol. The van der Waals surface area contributed by atoms with Gasteiger partial charge >= 0.3 is 5.97 Å². The van der Waals surface area contributed by atoms with E-state index in [4.69, 9.17) is 9.47 Å². The summed E-state index contributed by atoms with van der Waals surface area (Å²) in [6, 6.07) is 0. The van der Waals surface area contributed by atoms with Crippen LogP contribution in [0.15, 0.2) is 23.3 Å². The number of carbonyl (C=O) groups is 1. The van der Waals surface area contributed by atoms with Crippen LogP contribution in [0.2, 0.25) is 0 Å². The molecule has 0 amide bonds. The van der Waals surface area contributed by atoms with Crippen LogP contribution in [0.5, 0.6) is 0 Å². The van der Waals surface area contributed by atoms with Gasteiger partial charge < -0.3 is 9.47 Å². The van der Waals surface area contributed by atoms with Gasteiger partial charge in [0.1, 0.15) is 6.10 Å². The Kier molecular flexibility index (Phi) is 7.20. The van der Waals surface area contributed by atoms with Gasteiger partial charge in [-0.2, -0.15) is 0 Å². The fraction of sp³-hybridized carbons (Fsp3) is 0.848. The van der Waals surface area contributed by atoms with Crippen LogP contribution in [0.3, 0.4) is 0 Å². The lowest BCUT2D eigenvalue weighted by Gasteiger charge is -2.62. The molecule has 4 aliphatic carbocycles. The lowest BCUT2D eigenvalue weighted by molar-refractivity contribution is -0.167. The maximum absolute atomic E-state index is 11.8. The number of fused-ring (bicyclic) bond motifs is 4. The van der Waals surface area contributed by atoms with Crippen LogP contribution >= 0.6 is 0 Å². The minimum atomic E-state index is -0.186. The van der Waals surface area contributed by atoms with Gasteiger partial charge in [0.05, 0.1) is 5.60 Å². The molecule has 1 unspecified atom stereocenters. The van der Waals surface area contributed by atoms with Gasteiger partial charge in [-0.25, -0.2) is 0 Å². The Balaban J connectivity index is 1.60. The van der Waals surface area contributed by atoms with E-state index in [1.54, 1.807) is 14.0 Å². The van der Waals surface area contributed by atoms with Crippen LogP contribution in [-0.4, -0.2) is 24.8 Å². The highest BCUT2D eigenvalue weighted by molar-refractivity contribution is 5.66. The highest BCUT2D eigenvalue weighted by atomic mass is 16.5. The fourth-order valence-corrected chi connectivity index (χ4v) is 9.83. The summed E-state index contributed by atoms with van der Waals surface area (Å²) in [5.41, 5.74) is 4.42. The molecule has 0 spiro atoms. The molecule has 0 N–H and O–H groups in total. The third-order valence-corrected chi connectivity index (χ3v) is 12.3. The standard InChI is InChI=1S/C33H54O3/c1-22(12-11-18-29(3,4)35-10)24-15-20-33(9)26-13-14-27-30(5,6)28(36-23(2)34)17-19-31(27,7)25(26)16-21-32(24,33)8/h11,18,22,24,27-28H,12-17,19-21H2,1-10H3/t22-,24-,27?,28+,31-,32-,33+/m1/s1. The third-order valence-electron chi connectivity index (χ3n) is 12.3. The number of ether oxygens (including phenoxy) is 2. The van der Waals surface area contributed by atoms with Crippen molar-refractivity contribution < 1.29 is 14.3 Å². The Labute approximate surface area is 221 Å². The molecule has 3 heteroatoms. The van der Waals surface area contributed by atoms with Gasteiger partial charge in [0, 0.05) is 19.4 Å². The number of hydrogen-bond acceptors (Lipinski definition) is 3. The SMILES string of the molecule is COC(C)(C)C=CC[C@@H](C)[C@H]1CC[C@@]2(C)C3=C(CC[C@]12C)[C@@]1(C)CC[C@H](OC(C)=O)C(C)(C)C1CC3. The monoisotopic (exact) mass is 498 g/mol. The highest BCUT2D eigenvalue weighted by Crippen LogP contribution is 2.72. The summed E-state index contributed by atoms with van der Waals surface area (Å²) in [4.78, 5) is 11.8. The molecule has 4 aliphatic rings. The summed E-state index contributed by atoms with van der Waals surface area (Å²) in [6.07, 6.45) is 15.7. The second-order valence-corrected chi connectivity index (χ2v) is 14.7. The molecule has 0 aliphatic heterocycles. The van der Waals surface area contributed by atoms with Gasteiger partial charge in [-0.3, -0.25) is 4.79 Å². The van der Waals surface area contributed by atoms with E-state index >= 15 is 0 Å². The molecule has 0 heterocycles. The first-order chi connectivity index (χ1) is 16.6. The summed E-state index contributed by atoms with van der Waals surface area (Å²) in [7, 11) is 1.80. The van der Waals surface area contributed by atoms with Crippen molar-refractivity contribution in [1.29, 1.82) is 0 Å². The lowest BCUT2D eigenvalue weighted by Crippen LogP contribution is -2.55. The normalized spacial score (nSPS) is 41.0. The van der Waals surface area contributed by atoms with Gasteiger partial charge in [0.15, 0.2) is 0 Å². The van der Waals surface area contributed by atoms with E-state index in [-0.39, 0.29) is 28.5 Å². The molecule has 36 heavy (non-hydrogen) atoms. The van der Waals surface area contributed by atoms with Gasteiger partial charge in [-0.15, -0.1) is 0 Å². The first-order valence-electron chi connectivity index (χ1n) is 14.8. The van der Waals surface area contributed by atoms with E-state index in [1.165, 1.54) is 38.5 Å². The number of methoxy groups -OCH3 is 1. The van der Waals surface area contributed by atoms with E-state index in [0.29, 0.717) is 22.7 Å². The van der Waals surface area contributed by atoms with Crippen LogP contribution in [0.25, 0.3) is 0 Å². The van der Waals surface area contributed by atoms with Crippen molar-refractivity contribution in [2.24, 2.45) is 39.4 Å². The molecular weight excluding hydrogens is 444 g/mol. The predicted octanol–water partition coefficient (Wildman–Crippen LogP) is 8.67. The van der Waals surface area contributed by atoms with Crippen LogP contribution in [0, 0.1) is 39.4 Å². The Bertz CT molecular complexity index is 925. The van der Waals surface area contributed by atoms with Crippen molar-refractivity contribution in [3.05, 3.63) is 23.3 Å². The fourth-order valence-electron chi connectivity index (χ4n) is 9.83. The first-order valence-corrected chi connectivity index (χ1v) is 14.8. The van der Waals surface area contributed by atoms with Gasteiger partial charge in [0.25, 0.3) is 0 Å². The van der Waals surface area contributed by atoms with Crippen molar-refractivity contribution >= 4 is 5.97 Å². The van der Waals surface area contributed by atoms with E-state index < -0.39 is 0 Å². The van der Waals surface area contributed by atoms with Crippen LogP contribution in [0.4, 0.5) is 0 Å². The molecule has 0 aromatic rings. The summed E-state index contributed by atoms with van der Waals surface area (Å²) < 4.78 is 11.5. The number of allylic oxidation sites excluding steroid dienone is 3. The van der Waals surface area contributed by atoms with Gasteiger partial charge in [-0.05, 0) is 106 Å². The van der Waals surface area contributed by atoms with Gasteiger partial charge in [-0.1, -0.05) is 64.8 Å². The third kappa shape index (κ3) is 4.24. The number of rotatable bonds is 6. The molecule has 0 radical (unpaired) electrons. The highest BCUT2D eigenvalue weighted by Gasteiger charge is 2.63. The topological polar surface area (TPSA) is 35.5 Å². The van der Waals surface area contributed by atoms with Crippen molar-refractivity contribution in [3.8, 4) is 0 Å². The maximum atomic E-state index is 11.8. The molecule has 0 aromatic heterocycles. The van der Waals surface area contributed by atoms with E-state index in [0.717, 1.165) is 25.2 Å². The van der Waals surface area contributed by atoms with Crippen LogP contribution in [-0.2, 0) is 14.3 Å². The van der Waals surface area contributed by atoms with E-state index in [2.05, 4.69) is 67.5 Å². The van der Waals surface area contributed by atoms with Gasteiger partial charge in [0.2, 0.25) is 0 Å². The molecule has 0 bridgehead atoms. The summed E-state index contributed by atoms with van der Waals surface area (Å²) in [5, 5.41) is 0. The van der Waals surface area contributed by atoms with Crippen molar-refractivity contribution in [2.75, 3.05) is 7.11 Å². The molecule has 0 saturated heterocycles. The Hall–Kier alpha value is -1.09. The molecule has 2 fully saturated rings. The predicted molar refractivity (Wildman–Crippen MR) is 149 cm³/mol. The first kappa shape index (κ1) is 27.9. The largest absolute Gasteiger partial charge is 0.462 e. The molecule has 0 aromatic carbocycles. The zero-order valence-electron chi connectivity index (χ0n) is 25.1. The smallest absolute Gasteiger partial charge is 0.302 e. The van der Waals surface area contributed by atoms with Crippen molar-refractivity contribution in [1.82, 2.24) is 0 Å². The molecule has 4 rings (SSSR count). The Morgan fingerprint density at radius 2 is 1.72 bits per heavy atom. The van der Waals surface area contributed by atoms with Crippen molar-refractivity contribution in [2.45, 2.75) is 132 Å². The summed E-state index contributed by atoms with van der Waals surface area (Å²) >= 11 is 0. The number of esters is 1. The molecule has 7 atom stereocenters. The van der Waals surface area contributed by atoms with E-state index in [9.17, 15) is 4.79 Å². The van der Waals surface area contributed by atoms with Crippen molar-refractivity contribution in [3.63, 3.8) is 0 Å². The van der Waals surface area contributed by atoms with Crippen LogP contribution < -0.4 is 0 Å².